The fourth-order valence-corrected chi connectivity index (χ4v) is 2.55. The summed E-state index contributed by atoms with van der Waals surface area (Å²) in [4.78, 5) is 10.3. The van der Waals surface area contributed by atoms with Crippen LogP contribution in [0.25, 0.3) is 0 Å². The lowest BCUT2D eigenvalue weighted by atomic mass is 10.2. The maximum absolute atomic E-state index is 13.3. The van der Waals surface area contributed by atoms with Crippen LogP contribution in [0.1, 0.15) is 6.92 Å². The Hall–Kier alpha value is -0.860. The van der Waals surface area contributed by atoms with Gasteiger partial charge in [-0.1, -0.05) is 0 Å². The second kappa shape index (κ2) is 7.06. The molecule has 1 rings (SSSR count). The van der Waals surface area contributed by atoms with E-state index in [1.807, 2.05) is 6.26 Å². The van der Waals surface area contributed by atoms with Crippen LogP contribution in [0.4, 0.5) is 15.8 Å². The maximum atomic E-state index is 13.3. The van der Waals surface area contributed by atoms with Gasteiger partial charge in [-0.05, 0) is 35.2 Å². The Morgan fingerprint density at radius 2 is 2.26 bits per heavy atom. The van der Waals surface area contributed by atoms with Crippen LogP contribution < -0.4 is 5.32 Å². The molecule has 0 aromatic heterocycles. The first kappa shape index (κ1) is 16.2. The van der Waals surface area contributed by atoms with Crippen LogP contribution in [0.15, 0.2) is 16.6 Å². The number of thioether (sulfide) groups is 1. The number of halogens is 2. The van der Waals surface area contributed by atoms with Gasteiger partial charge in [0, 0.05) is 11.3 Å². The Morgan fingerprint density at radius 1 is 1.63 bits per heavy atom. The Labute approximate surface area is 122 Å². The van der Waals surface area contributed by atoms with Gasteiger partial charge in [0.25, 0.3) is 5.69 Å². The molecule has 0 saturated carbocycles. The highest BCUT2D eigenvalue weighted by molar-refractivity contribution is 9.10. The summed E-state index contributed by atoms with van der Waals surface area (Å²) in [5.74, 6) is -0.687. The molecule has 0 aliphatic carbocycles. The zero-order valence-corrected chi connectivity index (χ0v) is 12.8. The Morgan fingerprint density at radius 3 is 2.74 bits per heavy atom. The van der Waals surface area contributed by atoms with E-state index in [2.05, 4.69) is 21.2 Å². The molecule has 0 spiro atoms. The average molecular weight is 353 g/mol. The summed E-state index contributed by atoms with van der Waals surface area (Å²) in [6, 6.07) is 2.00. The van der Waals surface area contributed by atoms with Crippen LogP contribution in [0.3, 0.4) is 0 Å². The first-order valence-corrected chi connectivity index (χ1v) is 7.52. The fraction of sp³-hybridized carbons (Fsp3) is 0.455. The van der Waals surface area contributed by atoms with Gasteiger partial charge in [-0.3, -0.25) is 10.1 Å². The van der Waals surface area contributed by atoms with Gasteiger partial charge in [-0.25, -0.2) is 4.39 Å². The lowest BCUT2D eigenvalue weighted by molar-refractivity contribution is -0.384. The summed E-state index contributed by atoms with van der Waals surface area (Å²) in [6.07, 6.45) is 1.84. The van der Waals surface area contributed by atoms with Crippen LogP contribution >= 0.6 is 27.7 Å². The molecule has 8 heteroatoms. The number of anilines is 1. The van der Waals surface area contributed by atoms with Gasteiger partial charge in [0.05, 0.1) is 22.1 Å². The second-order valence-electron chi connectivity index (χ2n) is 3.93. The van der Waals surface area contributed by atoms with E-state index in [1.54, 1.807) is 6.92 Å². The molecule has 0 bridgehead atoms. The largest absolute Gasteiger partial charge is 0.395 e. The highest BCUT2D eigenvalue weighted by atomic mass is 79.9. The lowest BCUT2D eigenvalue weighted by Crippen LogP contribution is -2.31. The molecule has 19 heavy (non-hydrogen) atoms. The number of rotatable bonds is 6. The van der Waals surface area contributed by atoms with Crippen molar-refractivity contribution in [1.29, 1.82) is 0 Å². The van der Waals surface area contributed by atoms with Crippen molar-refractivity contribution in [3.8, 4) is 0 Å². The van der Waals surface area contributed by atoms with E-state index in [4.69, 9.17) is 0 Å². The molecule has 0 amide bonds. The molecule has 0 aliphatic heterocycles. The molecule has 0 heterocycles. The van der Waals surface area contributed by atoms with E-state index >= 15 is 0 Å². The SMILES string of the molecule is CSC(CO)C(C)Nc1cc(Br)c(F)cc1[N+](=O)[O-]. The maximum Gasteiger partial charge on any atom is 0.295 e. The van der Waals surface area contributed by atoms with Gasteiger partial charge in [-0.2, -0.15) is 11.8 Å². The average Bonchev–Trinajstić information content (AvgIpc) is 2.34. The smallest absolute Gasteiger partial charge is 0.295 e. The minimum absolute atomic E-state index is 0.0501. The Kier molecular flexibility index (Phi) is 6.02. The molecule has 2 unspecified atom stereocenters. The van der Waals surface area contributed by atoms with Crippen molar-refractivity contribution >= 4 is 39.1 Å². The van der Waals surface area contributed by atoms with Crippen molar-refractivity contribution in [2.45, 2.75) is 18.2 Å². The molecule has 1 aromatic rings. The third-order valence-electron chi connectivity index (χ3n) is 2.66. The minimum atomic E-state index is -0.687. The third-order valence-corrected chi connectivity index (χ3v) is 4.43. The fourth-order valence-electron chi connectivity index (χ4n) is 1.58. The van der Waals surface area contributed by atoms with E-state index in [0.717, 1.165) is 6.07 Å². The Balaban J connectivity index is 3.06. The first-order valence-electron chi connectivity index (χ1n) is 5.44. The van der Waals surface area contributed by atoms with Crippen LogP contribution in [-0.2, 0) is 0 Å². The molecular weight excluding hydrogens is 339 g/mol. The number of hydrogen-bond acceptors (Lipinski definition) is 5. The molecule has 0 saturated heterocycles. The predicted octanol–water partition coefficient (Wildman–Crippen LogP) is 3.02. The van der Waals surface area contributed by atoms with Gasteiger partial charge in [-0.15, -0.1) is 0 Å². The number of nitro groups is 1. The molecule has 1 aromatic carbocycles. The highest BCUT2D eigenvalue weighted by Gasteiger charge is 2.22. The Bertz CT molecular complexity index is 471. The summed E-state index contributed by atoms with van der Waals surface area (Å²) in [5.41, 5.74) is -0.108. The summed E-state index contributed by atoms with van der Waals surface area (Å²) in [6.45, 7) is 1.75. The second-order valence-corrected chi connectivity index (χ2v) is 5.86. The number of aliphatic hydroxyl groups excluding tert-OH is 1. The quantitative estimate of drug-likeness (QED) is 0.607. The molecule has 2 N–H and O–H groups in total. The van der Waals surface area contributed by atoms with Crippen molar-refractivity contribution in [2.24, 2.45) is 0 Å². The molecule has 0 fully saturated rings. The number of hydrogen-bond donors (Lipinski definition) is 2. The summed E-state index contributed by atoms with van der Waals surface area (Å²) in [7, 11) is 0. The van der Waals surface area contributed by atoms with E-state index in [0.29, 0.717) is 0 Å². The third kappa shape index (κ3) is 4.05. The number of aliphatic hydroxyl groups is 1. The molecule has 0 aliphatic rings. The van der Waals surface area contributed by atoms with Crippen LogP contribution in [0.5, 0.6) is 0 Å². The number of benzene rings is 1. The predicted molar refractivity (Wildman–Crippen MR) is 78.2 cm³/mol. The van der Waals surface area contributed by atoms with Gasteiger partial charge >= 0.3 is 0 Å². The van der Waals surface area contributed by atoms with Crippen molar-refractivity contribution in [2.75, 3.05) is 18.2 Å². The molecule has 2 atom stereocenters. The highest BCUT2D eigenvalue weighted by Crippen LogP contribution is 2.31. The van der Waals surface area contributed by atoms with Crippen molar-refractivity contribution in [3.63, 3.8) is 0 Å². The molecular formula is C11H14BrFN2O3S. The van der Waals surface area contributed by atoms with E-state index in [9.17, 15) is 19.6 Å². The molecule has 5 nitrogen and oxygen atoms in total. The van der Waals surface area contributed by atoms with E-state index in [-0.39, 0.29) is 33.7 Å². The van der Waals surface area contributed by atoms with Crippen LogP contribution in [-0.4, -0.2) is 34.2 Å². The van der Waals surface area contributed by atoms with Gasteiger partial charge in [0.15, 0.2) is 0 Å². The number of nitrogens with zero attached hydrogens (tertiary/aromatic N) is 1. The topological polar surface area (TPSA) is 75.4 Å². The zero-order chi connectivity index (χ0) is 14.6. The van der Waals surface area contributed by atoms with Crippen molar-refractivity contribution in [3.05, 3.63) is 32.5 Å². The standard InChI is InChI=1S/C11H14BrFN2O3S/c1-6(11(5-16)19-2)14-9-3-7(12)8(13)4-10(9)15(17)18/h3-4,6,11,14,16H,5H2,1-2H3. The monoisotopic (exact) mass is 352 g/mol. The van der Waals surface area contributed by atoms with Gasteiger partial charge in [0.2, 0.25) is 0 Å². The van der Waals surface area contributed by atoms with E-state index < -0.39 is 10.7 Å². The summed E-state index contributed by atoms with van der Waals surface area (Å²) in [5, 5.41) is 22.9. The normalized spacial score (nSPS) is 13.9. The summed E-state index contributed by atoms with van der Waals surface area (Å²) < 4.78 is 13.5. The zero-order valence-electron chi connectivity index (χ0n) is 10.4. The van der Waals surface area contributed by atoms with Crippen LogP contribution in [0.2, 0.25) is 0 Å². The summed E-state index contributed by atoms with van der Waals surface area (Å²) >= 11 is 4.45. The van der Waals surface area contributed by atoms with Crippen LogP contribution in [0, 0.1) is 15.9 Å². The minimum Gasteiger partial charge on any atom is -0.395 e. The van der Waals surface area contributed by atoms with Crippen molar-refractivity contribution < 1.29 is 14.4 Å². The molecule has 106 valence electrons. The van der Waals surface area contributed by atoms with Gasteiger partial charge in [0.1, 0.15) is 11.5 Å². The number of nitro benzene ring substituents is 1. The first-order chi connectivity index (χ1) is 8.90. The lowest BCUT2D eigenvalue weighted by Gasteiger charge is -2.22. The van der Waals surface area contributed by atoms with Gasteiger partial charge < -0.3 is 10.4 Å². The number of nitrogens with one attached hydrogen (secondary N) is 1. The van der Waals surface area contributed by atoms with E-state index in [1.165, 1.54) is 17.8 Å². The molecule has 0 radical (unpaired) electrons. The van der Waals surface area contributed by atoms with Crippen molar-refractivity contribution in [1.82, 2.24) is 0 Å².